The predicted octanol–water partition coefficient (Wildman–Crippen LogP) is 2.13. The molecule has 0 radical (unpaired) electrons. The van der Waals surface area contributed by atoms with E-state index in [9.17, 15) is 4.79 Å². The highest BCUT2D eigenvalue weighted by Gasteiger charge is 2.10. The Labute approximate surface area is 93.4 Å². The second kappa shape index (κ2) is 7.83. The minimum absolute atomic E-state index is 0.0893. The van der Waals surface area contributed by atoms with Crippen molar-refractivity contribution in [2.24, 2.45) is 11.7 Å². The van der Waals surface area contributed by atoms with Crippen molar-refractivity contribution in [2.75, 3.05) is 6.61 Å². The molecule has 15 heavy (non-hydrogen) atoms. The average molecular weight is 215 g/mol. The zero-order valence-corrected chi connectivity index (χ0v) is 10.5. The fourth-order valence-corrected chi connectivity index (χ4v) is 1.22. The van der Waals surface area contributed by atoms with Crippen molar-refractivity contribution < 1.29 is 9.53 Å². The summed E-state index contributed by atoms with van der Waals surface area (Å²) in [4.78, 5) is 11.3. The molecule has 0 aromatic heterocycles. The molecule has 0 aliphatic carbocycles. The number of hydrogen-bond acceptors (Lipinski definition) is 3. The van der Waals surface area contributed by atoms with Gasteiger partial charge in [0.2, 0.25) is 0 Å². The molecular formula is C12H25NO2. The zero-order chi connectivity index (χ0) is 11.8. The summed E-state index contributed by atoms with van der Waals surface area (Å²) >= 11 is 0. The molecule has 0 spiro atoms. The van der Waals surface area contributed by atoms with Gasteiger partial charge in [-0.05, 0) is 26.7 Å². The molecule has 0 aromatic rings. The molecule has 0 aromatic carbocycles. The van der Waals surface area contributed by atoms with Gasteiger partial charge < -0.3 is 10.5 Å². The van der Waals surface area contributed by atoms with Gasteiger partial charge in [-0.25, -0.2) is 0 Å². The normalized spacial score (nSPS) is 13.5. The van der Waals surface area contributed by atoms with Crippen LogP contribution in [0.15, 0.2) is 0 Å². The fraction of sp³-hybridized carbons (Fsp3) is 0.917. The number of Topliss-reactive ketones (excluding diaryl/α,β-unsaturated/α-hetero) is 1. The molecule has 0 saturated carbocycles. The summed E-state index contributed by atoms with van der Waals surface area (Å²) < 4.78 is 5.40. The first-order chi connectivity index (χ1) is 6.93. The summed E-state index contributed by atoms with van der Waals surface area (Å²) in [6.45, 7) is 8.56. The van der Waals surface area contributed by atoms with Crippen LogP contribution < -0.4 is 5.73 Å². The van der Waals surface area contributed by atoms with Crippen molar-refractivity contribution in [2.45, 2.75) is 59.1 Å². The molecule has 0 saturated heterocycles. The number of carbonyl (C=O) groups excluding carboxylic acids is 1. The van der Waals surface area contributed by atoms with Crippen LogP contribution in [0.4, 0.5) is 0 Å². The second-order valence-electron chi connectivity index (χ2n) is 4.63. The zero-order valence-electron chi connectivity index (χ0n) is 10.5. The van der Waals surface area contributed by atoms with Gasteiger partial charge in [0, 0.05) is 25.0 Å². The lowest BCUT2D eigenvalue weighted by molar-refractivity contribution is -0.122. The number of hydrogen-bond donors (Lipinski definition) is 1. The molecule has 0 bridgehead atoms. The number of rotatable bonds is 8. The topological polar surface area (TPSA) is 52.3 Å². The Balaban J connectivity index is 3.49. The van der Waals surface area contributed by atoms with Crippen molar-refractivity contribution in [3.63, 3.8) is 0 Å². The minimum atomic E-state index is 0.0893. The van der Waals surface area contributed by atoms with E-state index >= 15 is 0 Å². The van der Waals surface area contributed by atoms with Crippen LogP contribution in [0.25, 0.3) is 0 Å². The molecule has 0 amide bonds. The first kappa shape index (κ1) is 14.6. The van der Waals surface area contributed by atoms with Crippen LogP contribution >= 0.6 is 0 Å². The Morgan fingerprint density at radius 1 is 1.20 bits per heavy atom. The first-order valence-electron chi connectivity index (χ1n) is 5.83. The van der Waals surface area contributed by atoms with Gasteiger partial charge in [-0.1, -0.05) is 13.8 Å². The lowest BCUT2D eigenvalue weighted by atomic mass is 10.0. The molecular weight excluding hydrogens is 190 g/mol. The van der Waals surface area contributed by atoms with Crippen LogP contribution in [-0.2, 0) is 9.53 Å². The van der Waals surface area contributed by atoms with Gasteiger partial charge >= 0.3 is 0 Å². The lowest BCUT2D eigenvalue weighted by Crippen LogP contribution is -2.24. The number of ketones is 1. The van der Waals surface area contributed by atoms with E-state index in [-0.39, 0.29) is 18.1 Å². The van der Waals surface area contributed by atoms with Crippen molar-refractivity contribution in [3.8, 4) is 0 Å². The number of carbonyl (C=O) groups is 1. The van der Waals surface area contributed by atoms with Gasteiger partial charge in [0.05, 0.1) is 6.10 Å². The maximum Gasteiger partial charge on any atom is 0.135 e. The highest BCUT2D eigenvalue weighted by molar-refractivity contribution is 5.80. The predicted molar refractivity (Wildman–Crippen MR) is 62.8 cm³/mol. The van der Waals surface area contributed by atoms with Crippen LogP contribution in [0, 0.1) is 5.92 Å². The molecule has 3 nitrogen and oxygen atoms in total. The Morgan fingerprint density at radius 3 is 2.27 bits per heavy atom. The summed E-state index contributed by atoms with van der Waals surface area (Å²) in [5, 5.41) is 0. The summed E-state index contributed by atoms with van der Waals surface area (Å²) in [5.74, 6) is 0.430. The van der Waals surface area contributed by atoms with Crippen LogP contribution in [-0.4, -0.2) is 24.5 Å². The van der Waals surface area contributed by atoms with E-state index < -0.39 is 0 Å². The van der Waals surface area contributed by atoms with E-state index in [1.54, 1.807) is 0 Å². The van der Waals surface area contributed by atoms with Gasteiger partial charge in [0.1, 0.15) is 5.78 Å². The van der Waals surface area contributed by atoms with Gasteiger partial charge in [0.15, 0.2) is 0 Å². The molecule has 1 unspecified atom stereocenters. The standard InChI is InChI=1S/C12H25NO2/c1-9(2)12(14)6-5-11(13)7-8-15-10(3)4/h9-11H,5-8,13H2,1-4H3. The smallest absolute Gasteiger partial charge is 0.135 e. The van der Waals surface area contributed by atoms with Gasteiger partial charge in [-0.3, -0.25) is 4.79 Å². The van der Waals surface area contributed by atoms with Gasteiger partial charge in [-0.2, -0.15) is 0 Å². The molecule has 1 atom stereocenters. The van der Waals surface area contributed by atoms with E-state index in [0.717, 1.165) is 12.8 Å². The molecule has 0 aliphatic heterocycles. The SMILES string of the molecule is CC(C)OCCC(N)CCC(=O)C(C)C. The summed E-state index contributed by atoms with van der Waals surface area (Å²) in [6, 6.07) is 0.0893. The van der Waals surface area contributed by atoms with E-state index in [1.807, 2.05) is 27.7 Å². The van der Waals surface area contributed by atoms with E-state index in [4.69, 9.17) is 10.5 Å². The largest absolute Gasteiger partial charge is 0.379 e. The number of ether oxygens (including phenoxy) is 1. The Morgan fingerprint density at radius 2 is 1.80 bits per heavy atom. The van der Waals surface area contributed by atoms with E-state index in [1.165, 1.54) is 0 Å². The molecule has 0 aliphatic rings. The highest BCUT2D eigenvalue weighted by atomic mass is 16.5. The average Bonchev–Trinajstić information content (AvgIpc) is 2.13. The van der Waals surface area contributed by atoms with Crippen LogP contribution in [0.3, 0.4) is 0 Å². The fourth-order valence-electron chi connectivity index (χ4n) is 1.22. The Bertz CT molecular complexity index is 178. The third-order valence-electron chi connectivity index (χ3n) is 2.35. The van der Waals surface area contributed by atoms with Crippen molar-refractivity contribution in [1.82, 2.24) is 0 Å². The van der Waals surface area contributed by atoms with Gasteiger partial charge in [0.25, 0.3) is 0 Å². The maximum absolute atomic E-state index is 11.3. The molecule has 3 heteroatoms. The highest BCUT2D eigenvalue weighted by Crippen LogP contribution is 2.06. The Kier molecular flexibility index (Phi) is 7.61. The molecule has 0 heterocycles. The van der Waals surface area contributed by atoms with Gasteiger partial charge in [-0.15, -0.1) is 0 Å². The monoisotopic (exact) mass is 215 g/mol. The summed E-state index contributed by atoms with van der Waals surface area (Å²) in [7, 11) is 0. The quantitative estimate of drug-likeness (QED) is 0.675. The van der Waals surface area contributed by atoms with Crippen molar-refractivity contribution in [1.29, 1.82) is 0 Å². The number of nitrogens with two attached hydrogens (primary N) is 1. The van der Waals surface area contributed by atoms with Crippen LogP contribution in [0.2, 0.25) is 0 Å². The minimum Gasteiger partial charge on any atom is -0.379 e. The summed E-state index contributed by atoms with van der Waals surface area (Å²) in [6.07, 6.45) is 2.47. The summed E-state index contributed by atoms with van der Waals surface area (Å²) in [5.41, 5.74) is 5.88. The van der Waals surface area contributed by atoms with E-state index in [2.05, 4.69) is 0 Å². The Hall–Kier alpha value is -0.410. The molecule has 0 fully saturated rings. The van der Waals surface area contributed by atoms with Crippen molar-refractivity contribution >= 4 is 5.78 Å². The van der Waals surface area contributed by atoms with Crippen LogP contribution in [0.1, 0.15) is 47.0 Å². The van der Waals surface area contributed by atoms with Crippen molar-refractivity contribution in [3.05, 3.63) is 0 Å². The lowest BCUT2D eigenvalue weighted by Gasteiger charge is -2.13. The third kappa shape index (κ3) is 8.58. The molecule has 2 N–H and O–H groups in total. The maximum atomic E-state index is 11.3. The third-order valence-corrected chi connectivity index (χ3v) is 2.35. The molecule has 0 rings (SSSR count). The second-order valence-corrected chi connectivity index (χ2v) is 4.63. The van der Waals surface area contributed by atoms with Crippen LogP contribution in [0.5, 0.6) is 0 Å². The first-order valence-corrected chi connectivity index (χ1v) is 5.83. The van der Waals surface area contributed by atoms with E-state index in [0.29, 0.717) is 18.8 Å². The molecule has 90 valence electrons.